The third kappa shape index (κ3) is 4.03. The Labute approximate surface area is 203 Å². The van der Waals surface area contributed by atoms with E-state index in [0.29, 0.717) is 25.6 Å². The van der Waals surface area contributed by atoms with Crippen molar-refractivity contribution in [3.05, 3.63) is 54.6 Å². The van der Waals surface area contributed by atoms with Gasteiger partial charge in [0, 0.05) is 26.7 Å². The lowest BCUT2D eigenvalue weighted by Gasteiger charge is -2.18. The van der Waals surface area contributed by atoms with E-state index >= 15 is 0 Å². The number of imide groups is 1. The van der Waals surface area contributed by atoms with E-state index in [2.05, 4.69) is 37.9 Å². The van der Waals surface area contributed by atoms with Crippen molar-refractivity contribution in [1.29, 1.82) is 0 Å². The van der Waals surface area contributed by atoms with Gasteiger partial charge in [0.1, 0.15) is 12.7 Å². The molecule has 3 aliphatic rings. The fraction of sp³-hybridized carbons (Fsp3) is 0.409. The molecule has 0 radical (unpaired) electrons. The Bertz CT molecular complexity index is 1010. The number of hydrogen-bond acceptors (Lipinski definition) is 5. The molecule has 2 fully saturated rings. The Morgan fingerprint density at radius 2 is 1.78 bits per heavy atom. The van der Waals surface area contributed by atoms with Gasteiger partial charge in [-0.15, -0.1) is 24.0 Å². The van der Waals surface area contributed by atoms with Crippen LogP contribution in [-0.2, 0) is 16.1 Å². The molecular weight excluding hydrogens is 521 g/mol. The number of hydrogen-bond donors (Lipinski definition) is 2. The molecule has 2 N–H and O–H groups in total. The van der Waals surface area contributed by atoms with Gasteiger partial charge in [-0.1, -0.05) is 24.3 Å². The number of guanidine groups is 1. The summed E-state index contributed by atoms with van der Waals surface area (Å²) in [5.74, 6) is 0.819. The normalized spacial score (nSPS) is 25.8. The molecule has 32 heavy (non-hydrogen) atoms. The molecule has 9 nitrogen and oxygen atoms in total. The van der Waals surface area contributed by atoms with Crippen molar-refractivity contribution >= 4 is 41.8 Å². The lowest BCUT2D eigenvalue weighted by atomic mass is 9.85. The quantitative estimate of drug-likeness (QED) is 0.186. The Morgan fingerprint density at radius 3 is 2.38 bits per heavy atom. The highest BCUT2D eigenvalue weighted by molar-refractivity contribution is 14.0. The van der Waals surface area contributed by atoms with Gasteiger partial charge in [-0.2, -0.15) is 5.10 Å². The second-order valence-corrected chi connectivity index (χ2v) is 8.19. The molecule has 1 aromatic heterocycles. The molecule has 10 heteroatoms. The predicted molar refractivity (Wildman–Crippen MR) is 129 cm³/mol. The number of carbonyl (C=O) groups is 2. The van der Waals surface area contributed by atoms with Crippen LogP contribution in [0.3, 0.4) is 0 Å². The van der Waals surface area contributed by atoms with Crippen LogP contribution in [0.5, 0.6) is 0 Å². The van der Waals surface area contributed by atoms with Crippen molar-refractivity contribution < 1.29 is 9.59 Å². The lowest BCUT2D eigenvalue weighted by Crippen LogP contribution is -2.43. The van der Waals surface area contributed by atoms with Crippen LogP contribution in [0.1, 0.15) is 12.0 Å². The Hall–Kier alpha value is -2.76. The predicted octanol–water partition coefficient (Wildman–Crippen LogP) is 1.36. The third-order valence-corrected chi connectivity index (χ3v) is 6.49. The number of amides is 2. The molecule has 1 saturated carbocycles. The van der Waals surface area contributed by atoms with Crippen LogP contribution in [0.25, 0.3) is 5.69 Å². The van der Waals surface area contributed by atoms with E-state index in [0.717, 1.165) is 17.7 Å². The van der Waals surface area contributed by atoms with Gasteiger partial charge in [0.2, 0.25) is 11.8 Å². The van der Waals surface area contributed by atoms with Crippen molar-refractivity contribution in [3.8, 4) is 5.69 Å². The number of allylic oxidation sites excluding steroid dienone is 2. The minimum absolute atomic E-state index is 0. The second-order valence-electron chi connectivity index (χ2n) is 8.19. The summed E-state index contributed by atoms with van der Waals surface area (Å²) in [4.78, 5) is 35.1. The number of rotatable bonds is 6. The van der Waals surface area contributed by atoms with Gasteiger partial charge < -0.3 is 10.6 Å². The first kappa shape index (κ1) is 22.4. The lowest BCUT2D eigenvalue weighted by molar-refractivity contribution is -0.140. The summed E-state index contributed by atoms with van der Waals surface area (Å²) in [5, 5.41) is 10.6. The summed E-state index contributed by atoms with van der Waals surface area (Å²) in [6.07, 6.45) is 8.34. The van der Waals surface area contributed by atoms with E-state index in [1.807, 2.05) is 24.3 Å². The number of aromatic nitrogens is 3. The van der Waals surface area contributed by atoms with Crippen molar-refractivity contribution in [2.75, 3.05) is 20.1 Å². The maximum atomic E-state index is 12.7. The summed E-state index contributed by atoms with van der Waals surface area (Å²) in [7, 11) is 1.70. The molecule has 2 aliphatic carbocycles. The van der Waals surface area contributed by atoms with E-state index in [1.165, 1.54) is 11.2 Å². The van der Waals surface area contributed by atoms with Crippen LogP contribution in [0.2, 0.25) is 0 Å². The Kier molecular flexibility index (Phi) is 6.58. The largest absolute Gasteiger partial charge is 0.355 e. The van der Waals surface area contributed by atoms with Crippen LogP contribution in [0, 0.1) is 23.7 Å². The number of halogens is 1. The average Bonchev–Trinajstić information content (AvgIpc) is 3.58. The van der Waals surface area contributed by atoms with Crippen LogP contribution in [0.4, 0.5) is 0 Å². The number of nitrogens with one attached hydrogen (secondary N) is 2. The van der Waals surface area contributed by atoms with Crippen molar-refractivity contribution in [3.63, 3.8) is 0 Å². The van der Waals surface area contributed by atoms with E-state index in [4.69, 9.17) is 0 Å². The highest BCUT2D eigenvalue weighted by Crippen LogP contribution is 2.52. The zero-order valence-electron chi connectivity index (χ0n) is 17.7. The van der Waals surface area contributed by atoms with Gasteiger partial charge in [0.25, 0.3) is 0 Å². The van der Waals surface area contributed by atoms with E-state index < -0.39 is 0 Å². The van der Waals surface area contributed by atoms with Crippen LogP contribution in [0.15, 0.2) is 54.1 Å². The summed E-state index contributed by atoms with van der Waals surface area (Å²) in [6.45, 7) is 1.42. The van der Waals surface area contributed by atoms with Crippen molar-refractivity contribution in [2.45, 2.75) is 13.0 Å². The summed E-state index contributed by atoms with van der Waals surface area (Å²) in [6, 6.07) is 7.98. The first-order chi connectivity index (χ1) is 15.2. The topological polar surface area (TPSA) is 105 Å². The summed E-state index contributed by atoms with van der Waals surface area (Å²) in [5.41, 5.74) is 2.03. The third-order valence-electron chi connectivity index (χ3n) is 6.49. The van der Waals surface area contributed by atoms with Gasteiger partial charge in [0.05, 0.1) is 17.5 Å². The summed E-state index contributed by atoms with van der Waals surface area (Å²) < 4.78 is 1.70. The summed E-state index contributed by atoms with van der Waals surface area (Å²) >= 11 is 0. The minimum atomic E-state index is -0.138. The molecule has 2 aromatic rings. The Morgan fingerprint density at radius 1 is 1.09 bits per heavy atom. The molecule has 168 valence electrons. The van der Waals surface area contributed by atoms with E-state index in [1.54, 1.807) is 18.1 Å². The monoisotopic (exact) mass is 547 g/mol. The fourth-order valence-electron chi connectivity index (χ4n) is 4.99. The number of nitrogens with zero attached hydrogens (tertiary/aromatic N) is 5. The second kappa shape index (κ2) is 9.39. The van der Waals surface area contributed by atoms with Gasteiger partial charge in [-0.3, -0.25) is 19.5 Å². The number of benzene rings is 1. The smallest absolute Gasteiger partial charge is 0.233 e. The highest BCUT2D eigenvalue weighted by atomic mass is 127. The van der Waals surface area contributed by atoms with E-state index in [-0.39, 0.29) is 59.5 Å². The number of fused-ring (bicyclic) bond motifs is 5. The molecule has 4 unspecified atom stereocenters. The number of carbonyl (C=O) groups excluding carboxylic acids is 2. The van der Waals surface area contributed by atoms with Crippen LogP contribution < -0.4 is 10.6 Å². The molecule has 1 saturated heterocycles. The first-order valence-electron chi connectivity index (χ1n) is 10.6. The van der Waals surface area contributed by atoms with Gasteiger partial charge in [-0.05, 0) is 36.0 Å². The number of aliphatic imine (C=N–C) groups is 1. The molecule has 2 amide bonds. The fourth-order valence-corrected chi connectivity index (χ4v) is 4.99. The molecule has 1 aromatic carbocycles. The van der Waals surface area contributed by atoms with Crippen LogP contribution in [-0.4, -0.2) is 57.6 Å². The van der Waals surface area contributed by atoms with E-state index in [9.17, 15) is 9.59 Å². The zero-order chi connectivity index (χ0) is 21.4. The maximum absolute atomic E-state index is 12.7. The molecule has 0 spiro atoms. The SMILES string of the molecule is CN=C(NCCN1C(=O)C2C3C=CC(C3)C2C1=O)NCc1ccc(-n2cncn2)cc1.I. The Balaban J connectivity index is 0.00000245. The molecule has 2 heterocycles. The van der Waals surface area contributed by atoms with Gasteiger partial charge in [0.15, 0.2) is 5.96 Å². The molecular formula is C22H26IN7O2. The molecule has 4 atom stereocenters. The maximum Gasteiger partial charge on any atom is 0.233 e. The minimum Gasteiger partial charge on any atom is -0.355 e. The van der Waals surface area contributed by atoms with Gasteiger partial charge in [-0.25, -0.2) is 9.67 Å². The molecule has 2 bridgehead atoms. The zero-order valence-corrected chi connectivity index (χ0v) is 20.0. The number of likely N-dealkylation sites (tertiary alicyclic amines) is 1. The molecule has 5 rings (SSSR count). The standard InChI is InChI=1S/C22H25N7O2.HI/c1-23-22(26-11-14-2-6-17(7-3-14)29-13-24-12-27-29)25-8-9-28-20(30)18-15-4-5-16(10-15)19(18)21(28)31;/h2-7,12-13,15-16,18-19H,8-11H2,1H3,(H2,23,25,26);1H. The van der Waals surface area contributed by atoms with Crippen molar-refractivity contribution in [1.82, 2.24) is 30.3 Å². The highest BCUT2D eigenvalue weighted by Gasteiger charge is 2.58. The average molecular weight is 547 g/mol. The molecule has 1 aliphatic heterocycles. The van der Waals surface area contributed by atoms with Crippen molar-refractivity contribution in [2.24, 2.45) is 28.7 Å². The van der Waals surface area contributed by atoms with Gasteiger partial charge >= 0.3 is 0 Å². The first-order valence-corrected chi connectivity index (χ1v) is 10.6. The van der Waals surface area contributed by atoms with Crippen LogP contribution >= 0.6 is 24.0 Å².